The maximum absolute atomic E-state index is 12.5. The van der Waals surface area contributed by atoms with E-state index in [1.54, 1.807) is 0 Å². The van der Waals surface area contributed by atoms with Crippen LogP contribution in [0.3, 0.4) is 0 Å². The number of halogens is 3. The van der Waals surface area contributed by atoms with E-state index in [4.69, 9.17) is 10.5 Å². The van der Waals surface area contributed by atoms with Crippen molar-refractivity contribution >= 4 is 0 Å². The number of alkyl halides is 3. The summed E-state index contributed by atoms with van der Waals surface area (Å²) in [4.78, 5) is 2.08. The highest BCUT2D eigenvalue weighted by atomic mass is 19.4. The summed E-state index contributed by atoms with van der Waals surface area (Å²) in [5.74, 6) is 0. The Labute approximate surface area is 111 Å². The molecule has 6 heteroatoms. The third-order valence-electron chi connectivity index (χ3n) is 4.20. The Morgan fingerprint density at radius 2 is 2.00 bits per heavy atom. The van der Waals surface area contributed by atoms with Crippen LogP contribution in [-0.2, 0) is 4.74 Å². The van der Waals surface area contributed by atoms with Gasteiger partial charge in [0.25, 0.3) is 0 Å². The second kappa shape index (κ2) is 5.81. The predicted molar refractivity (Wildman–Crippen MR) is 66.7 cm³/mol. The van der Waals surface area contributed by atoms with E-state index in [9.17, 15) is 13.2 Å². The van der Waals surface area contributed by atoms with Gasteiger partial charge in [-0.2, -0.15) is 13.2 Å². The largest absolute Gasteiger partial charge is 0.412 e. The van der Waals surface area contributed by atoms with Crippen LogP contribution in [0.15, 0.2) is 11.6 Å². The Kier molecular flexibility index (Phi) is 4.53. The van der Waals surface area contributed by atoms with E-state index < -0.39 is 11.7 Å². The van der Waals surface area contributed by atoms with Crippen LogP contribution in [0.25, 0.3) is 0 Å². The lowest BCUT2D eigenvalue weighted by Crippen LogP contribution is -2.47. The van der Waals surface area contributed by atoms with Crippen molar-refractivity contribution in [3.63, 3.8) is 0 Å². The van der Waals surface area contributed by atoms with Gasteiger partial charge in [-0.25, -0.2) is 0 Å². The number of hydrogen-bond acceptors (Lipinski definition) is 3. The first-order valence-corrected chi connectivity index (χ1v) is 6.72. The maximum atomic E-state index is 12.5. The molecular formula is C13H21F3N2O. The zero-order chi connectivity index (χ0) is 13.9. The SMILES string of the molecule is NCC1(CN2CC=C(C(F)(F)F)CC2)CCOCC1. The quantitative estimate of drug-likeness (QED) is 0.802. The van der Waals surface area contributed by atoms with E-state index in [-0.39, 0.29) is 11.8 Å². The molecular weight excluding hydrogens is 257 g/mol. The summed E-state index contributed by atoms with van der Waals surface area (Å²) >= 11 is 0. The summed E-state index contributed by atoms with van der Waals surface area (Å²) in [6, 6.07) is 0. The average Bonchev–Trinajstić information content (AvgIpc) is 2.39. The van der Waals surface area contributed by atoms with E-state index >= 15 is 0 Å². The van der Waals surface area contributed by atoms with Gasteiger partial charge in [0.1, 0.15) is 0 Å². The van der Waals surface area contributed by atoms with E-state index in [1.165, 1.54) is 6.08 Å². The minimum absolute atomic E-state index is 0.0157. The normalized spacial score (nSPS) is 25.2. The van der Waals surface area contributed by atoms with Gasteiger partial charge in [-0.05, 0) is 31.2 Å². The van der Waals surface area contributed by atoms with Crippen LogP contribution in [-0.4, -0.2) is 50.5 Å². The lowest BCUT2D eigenvalue weighted by atomic mass is 9.79. The van der Waals surface area contributed by atoms with Gasteiger partial charge < -0.3 is 10.5 Å². The molecule has 2 aliphatic heterocycles. The van der Waals surface area contributed by atoms with Gasteiger partial charge in [-0.1, -0.05) is 6.08 Å². The van der Waals surface area contributed by atoms with Crippen molar-refractivity contribution < 1.29 is 17.9 Å². The van der Waals surface area contributed by atoms with Gasteiger partial charge >= 0.3 is 6.18 Å². The Hall–Kier alpha value is -0.590. The maximum Gasteiger partial charge on any atom is 0.412 e. The van der Waals surface area contributed by atoms with Crippen molar-refractivity contribution in [3.05, 3.63) is 11.6 Å². The Morgan fingerprint density at radius 1 is 1.32 bits per heavy atom. The van der Waals surface area contributed by atoms with E-state index in [1.807, 2.05) is 0 Å². The topological polar surface area (TPSA) is 38.5 Å². The molecule has 0 radical (unpaired) electrons. The lowest BCUT2D eigenvalue weighted by molar-refractivity contribution is -0.0965. The molecule has 2 N–H and O–H groups in total. The monoisotopic (exact) mass is 278 g/mol. The number of ether oxygens (including phenoxy) is 1. The molecule has 0 spiro atoms. The molecule has 2 rings (SSSR count). The number of hydrogen-bond donors (Lipinski definition) is 1. The minimum Gasteiger partial charge on any atom is -0.381 e. The second-order valence-corrected chi connectivity index (χ2v) is 5.53. The van der Waals surface area contributed by atoms with E-state index in [0.717, 1.165) is 19.4 Å². The van der Waals surface area contributed by atoms with Gasteiger partial charge in [-0.15, -0.1) is 0 Å². The summed E-state index contributed by atoms with van der Waals surface area (Å²) in [5.41, 5.74) is 5.50. The summed E-state index contributed by atoms with van der Waals surface area (Å²) in [6.45, 7) is 3.59. The molecule has 1 saturated heterocycles. The molecule has 110 valence electrons. The van der Waals surface area contributed by atoms with Gasteiger partial charge in [-0.3, -0.25) is 4.90 Å². The van der Waals surface area contributed by atoms with Crippen LogP contribution >= 0.6 is 0 Å². The van der Waals surface area contributed by atoms with Gasteiger partial charge in [0, 0.05) is 38.4 Å². The zero-order valence-electron chi connectivity index (χ0n) is 11.0. The highest BCUT2D eigenvalue weighted by molar-refractivity contribution is 5.13. The Bertz CT molecular complexity index is 335. The molecule has 0 unspecified atom stereocenters. The third kappa shape index (κ3) is 3.70. The van der Waals surface area contributed by atoms with Crippen molar-refractivity contribution in [1.82, 2.24) is 4.90 Å². The molecule has 0 aromatic rings. The molecule has 0 saturated carbocycles. The minimum atomic E-state index is -4.17. The van der Waals surface area contributed by atoms with Crippen molar-refractivity contribution in [2.45, 2.75) is 25.4 Å². The fourth-order valence-corrected chi connectivity index (χ4v) is 2.82. The van der Waals surface area contributed by atoms with Crippen LogP contribution in [0.5, 0.6) is 0 Å². The summed E-state index contributed by atoms with van der Waals surface area (Å²) in [6.07, 6.45) is -0.976. The summed E-state index contributed by atoms with van der Waals surface area (Å²) < 4.78 is 43.0. The smallest absolute Gasteiger partial charge is 0.381 e. The highest BCUT2D eigenvalue weighted by Crippen LogP contribution is 2.33. The first-order chi connectivity index (χ1) is 8.95. The van der Waals surface area contributed by atoms with E-state index in [2.05, 4.69) is 4.90 Å². The van der Waals surface area contributed by atoms with Gasteiger partial charge in [0.05, 0.1) is 0 Å². The zero-order valence-corrected chi connectivity index (χ0v) is 11.0. The number of nitrogens with two attached hydrogens (primary N) is 1. The summed E-state index contributed by atoms with van der Waals surface area (Å²) in [5, 5.41) is 0. The molecule has 2 heterocycles. The molecule has 0 aromatic heterocycles. The molecule has 0 amide bonds. The van der Waals surface area contributed by atoms with Crippen molar-refractivity contribution in [3.8, 4) is 0 Å². The molecule has 2 aliphatic rings. The molecule has 1 fully saturated rings. The third-order valence-corrected chi connectivity index (χ3v) is 4.20. The Morgan fingerprint density at radius 3 is 2.47 bits per heavy atom. The van der Waals surface area contributed by atoms with Crippen molar-refractivity contribution in [2.24, 2.45) is 11.1 Å². The molecule has 19 heavy (non-hydrogen) atoms. The molecule has 0 bridgehead atoms. The van der Waals surface area contributed by atoms with E-state index in [0.29, 0.717) is 32.8 Å². The molecule has 3 nitrogen and oxygen atoms in total. The predicted octanol–water partition coefficient (Wildman–Crippen LogP) is 1.94. The Balaban J connectivity index is 1.93. The first kappa shape index (κ1) is 14.8. The number of nitrogens with zero attached hydrogens (tertiary/aromatic N) is 1. The first-order valence-electron chi connectivity index (χ1n) is 6.72. The standard InChI is InChI=1S/C13H21F3N2O/c14-13(15,16)11-1-5-18(6-2-11)10-12(9-17)3-7-19-8-4-12/h1H,2-10,17H2. The highest BCUT2D eigenvalue weighted by Gasteiger charge is 2.37. The molecule has 0 aliphatic carbocycles. The number of rotatable bonds is 3. The van der Waals surface area contributed by atoms with Gasteiger partial charge in [0.15, 0.2) is 0 Å². The fraction of sp³-hybridized carbons (Fsp3) is 0.846. The fourth-order valence-electron chi connectivity index (χ4n) is 2.82. The average molecular weight is 278 g/mol. The molecule has 0 aromatic carbocycles. The summed E-state index contributed by atoms with van der Waals surface area (Å²) in [7, 11) is 0. The molecule has 0 atom stereocenters. The van der Waals surface area contributed by atoms with Crippen LogP contribution < -0.4 is 5.73 Å². The van der Waals surface area contributed by atoms with Crippen LogP contribution in [0, 0.1) is 5.41 Å². The van der Waals surface area contributed by atoms with Crippen molar-refractivity contribution in [1.29, 1.82) is 0 Å². The lowest BCUT2D eigenvalue weighted by Gasteiger charge is -2.41. The van der Waals surface area contributed by atoms with Crippen LogP contribution in [0.4, 0.5) is 13.2 Å². The van der Waals surface area contributed by atoms with Crippen LogP contribution in [0.2, 0.25) is 0 Å². The van der Waals surface area contributed by atoms with Crippen LogP contribution in [0.1, 0.15) is 19.3 Å². The second-order valence-electron chi connectivity index (χ2n) is 5.53. The van der Waals surface area contributed by atoms with Gasteiger partial charge in [0.2, 0.25) is 0 Å². The van der Waals surface area contributed by atoms with Crippen molar-refractivity contribution in [2.75, 3.05) is 39.4 Å².